The van der Waals surface area contributed by atoms with Crippen molar-refractivity contribution in [3.05, 3.63) is 29.8 Å². The highest BCUT2D eigenvalue weighted by molar-refractivity contribution is 5.78. The fraction of sp³-hybridized carbons (Fsp3) is 0.471. The Balaban J connectivity index is 2.48. The van der Waals surface area contributed by atoms with Crippen LogP contribution in [0.1, 0.15) is 32.3 Å². The Labute approximate surface area is 122 Å². The first-order chi connectivity index (χ1) is 9.58. The van der Waals surface area contributed by atoms with Gasteiger partial charge in [0, 0.05) is 31.3 Å². The molecule has 108 valence electrons. The van der Waals surface area contributed by atoms with E-state index in [1.165, 1.54) is 0 Å². The summed E-state index contributed by atoms with van der Waals surface area (Å²) in [5, 5.41) is 2.86. The van der Waals surface area contributed by atoms with Gasteiger partial charge in [-0.05, 0) is 37.1 Å². The molecule has 0 unspecified atom stereocenters. The zero-order chi connectivity index (χ0) is 15.0. The normalized spacial score (nSPS) is 9.85. The fourth-order valence-corrected chi connectivity index (χ4v) is 1.92. The number of amides is 1. The summed E-state index contributed by atoms with van der Waals surface area (Å²) < 4.78 is 0. The number of hydrogen-bond acceptors (Lipinski definition) is 2. The van der Waals surface area contributed by atoms with E-state index in [0.717, 1.165) is 24.1 Å². The topological polar surface area (TPSA) is 32.3 Å². The van der Waals surface area contributed by atoms with E-state index in [-0.39, 0.29) is 11.8 Å². The number of carbonyl (C=O) groups excluding carboxylic acids is 1. The molecule has 0 saturated heterocycles. The summed E-state index contributed by atoms with van der Waals surface area (Å²) in [6, 6.07) is 8.05. The Kier molecular flexibility index (Phi) is 6.66. The summed E-state index contributed by atoms with van der Waals surface area (Å²) in [6.45, 7) is 4.47. The van der Waals surface area contributed by atoms with Crippen LogP contribution in [0.25, 0.3) is 0 Å². The standard InChI is InChI=1S/C17H24N2O/c1-5-15(6-2)17(20)18-13-7-8-14-9-11-16(12-10-14)19(3)4/h9-12,15H,5-6,13H2,1-4H3,(H,18,20). The molecule has 0 bridgehead atoms. The molecule has 0 radical (unpaired) electrons. The first-order valence-electron chi connectivity index (χ1n) is 7.12. The van der Waals surface area contributed by atoms with Crippen LogP contribution in [0.2, 0.25) is 0 Å². The average Bonchev–Trinajstić information content (AvgIpc) is 2.45. The molecule has 3 nitrogen and oxygen atoms in total. The van der Waals surface area contributed by atoms with Gasteiger partial charge in [0.1, 0.15) is 0 Å². The first-order valence-corrected chi connectivity index (χ1v) is 7.12. The molecular weight excluding hydrogens is 248 g/mol. The predicted molar refractivity (Wildman–Crippen MR) is 84.7 cm³/mol. The van der Waals surface area contributed by atoms with E-state index >= 15 is 0 Å². The van der Waals surface area contributed by atoms with Gasteiger partial charge >= 0.3 is 0 Å². The number of rotatable bonds is 5. The smallest absolute Gasteiger partial charge is 0.223 e. The zero-order valence-corrected chi connectivity index (χ0v) is 12.9. The van der Waals surface area contributed by atoms with Crippen molar-refractivity contribution in [3.63, 3.8) is 0 Å². The molecule has 20 heavy (non-hydrogen) atoms. The third-order valence-electron chi connectivity index (χ3n) is 3.32. The molecule has 0 aromatic heterocycles. The van der Waals surface area contributed by atoms with Crippen molar-refractivity contribution in [3.8, 4) is 11.8 Å². The van der Waals surface area contributed by atoms with Gasteiger partial charge in [0.25, 0.3) is 0 Å². The zero-order valence-electron chi connectivity index (χ0n) is 12.9. The molecule has 1 amide bonds. The second-order valence-corrected chi connectivity index (χ2v) is 4.97. The van der Waals surface area contributed by atoms with Crippen LogP contribution in [-0.4, -0.2) is 26.5 Å². The van der Waals surface area contributed by atoms with Crippen molar-refractivity contribution in [2.24, 2.45) is 5.92 Å². The van der Waals surface area contributed by atoms with Gasteiger partial charge in [-0.15, -0.1) is 0 Å². The van der Waals surface area contributed by atoms with Crippen LogP contribution < -0.4 is 10.2 Å². The number of nitrogens with zero attached hydrogens (tertiary/aromatic N) is 1. The van der Waals surface area contributed by atoms with Gasteiger partial charge < -0.3 is 10.2 Å². The van der Waals surface area contributed by atoms with Crippen molar-refractivity contribution in [2.45, 2.75) is 26.7 Å². The lowest BCUT2D eigenvalue weighted by Crippen LogP contribution is -2.30. The van der Waals surface area contributed by atoms with Crippen molar-refractivity contribution in [2.75, 3.05) is 25.5 Å². The average molecular weight is 272 g/mol. The van der Waals surface area contributed by atoms with E-state index in [0.29, 0.717) is 6.54 Å². The Morgan fingerprint density at radius 3 is 2.30 bits per heavy atom. The molecule has 0 spiro atoms. The molecule has 1 aromatic rings. The van der Waals surface area contributed by atoms with Crippen LogP contribution in [0, 0.1) is 17.8 Å². The summed E-state index contributed by atoms with van der Waals surface area (Å²) >= 11 is 0. The monoisotopic (exact) mass is 272 g/mol. The Bertz CT molecular complexity index is 476. The number of nitrogens with one attached hydrogen (secondary N) is 1. The van der Waals surface area contributed by atoms with E-state index in [4.69, 9.17) is 0 Å². The molecule has 1 aromatic carbocycles. The number of hydrogen-bond donors (Lipinski definition) is 1. The van der Waals surface area contributed by atoms with Crippen LogP contribution in [0.5, 0.6) is 0 Å². The third kappa shape index (κ3) is 4.97. The van der Waals surface area contributed by atoms with Crippen LogP contribution in [0.3, 0.4) is 0 Å². The van der Waals surface area contributed by atoms with Crippen LogP contribution in [0.4, 0.5) is 5.69 Å². The summed E-state index contributed by atoms with van der Waals surface area (Å²) in [5.41, 5.74) is 2.12. The molecule has 0 saturated carbocycles. The maximum atomic E-state index is 11.8. The Hall–Kier alpha value is -1.95. The second-order valence-electron chi connectivity index (χ2n) is 4.97. The van der Waals surface area contributed by atoms with Crippen LogP contribution in [-0.2, 0) is 4.79 Å². The van der Waals surface area contributed by atoms with Gasteiger partial charge in [-0.25, -0.2) is 0 Å². The van der Waals surface area contributed by atoms with E-state index in [1.54, 1.807) is 0 Å². The van der Waals surface area contributed by atoms with E-state index in [2.05, 4.69) is 17.2 Å². The summed E-state index contributed by atoms with van der Waals surface area (Å²) in [4.78, 5) is 13.8. The first kappa shape index (κ1) is 16.1. The molecule has 1 rings (SSSR count). The van der Waals surface area contributed by atoms with E-state index in [9.17, 15) is 4.79 Å². The van der Waals surface area contributed by atoms with Crippen molar-refractivity contribution in [1.82, 2.24) is 5.32 Å². The van der Waals surface area contributed by atoms with Gasteiger partial charge in [-0.2, -0.15) is 0 Å². The van der Waals surface area contributed by atoms with Gasteiger partial charge in [-0.3, -0.25) is 4.79 Å². The largest absolute Gasteiger partial charge is 0.378 e. The SMILES string of the molecule is CCC(CC)C(=O)NCC#Cc1ccc(N(C)C)cc1. The Morgan fingerprint density at radius 1 is 1.20 bits per heavy atom. The van der Waals surface area contributed by atoms with Crippen molar-refractivity contribution in [1.29, 1.82) is 0 Å². The van der Waals surface area contributed by atoms with E-state index < -0.39 is 0 Å². The lowest BCUT2D eigenvalue weighted by Gasteiger charge is -2.11. The molecule has 0 fully saturated rings. The minimum atomic E-state index is 0.104. The minimum Gasteiger partial charge on any atom is -0.378 e. The molecule has 0 heterocycles. The molecular formula is C17H24N2O. The molecule has 3 heteroatoms. The van der Waals surface area contributed by atoms with Crippen molar-refractivity contribution >= 4 is 11.6 Å². The highest BCUT2D eigenvalue weighted by Gasteiger charge is 2.12. The quantitative estimate of drug-likeness (QED) is 0.836. The molecule has 0 aliphatic rings. The number of carbonyl (C=O) groups is 1. The van der Waals surface area contributed by atoms with Crippen LogP contribution >= 0.6 is 0 Å². The highest BCUT2D eigenvalue weighted by Crippen LogP contribution is 2.11. The summed E-state index contributed by atoms with van der Waals surface area (Å²) in [7, 11) is 4.02. The van der Waals surface area contributed by atoms with Crippen molar-refractivity contribution < 1.29 is 4.79 Å². The Morgan fingerprint density at radius 2 is 1.80 bits per heavy atom. The maximum Gasteiger partial charge on any atom is 0.223 e. The maximum absolute atomic E-state index is 11.8. The van der Waals surface area contributed by atoms with Gasteiger partial charge in [0.15, 0.2) is 0 Å². The number of anilines is 1. The lowest BCUT2D eigenvalue weighted by atomic mass is 10.0. The second kappa shape index (κ2) is 8.27. The lowest BCUT2D eigenvalue weighted by molar-refractivity contribution is -0.124. The summed E-state index contributed by atoms with van der Waals surface area (Å²) in [5.74, 6) is 6.26. The molecule has 0 aliphatic carbocycles. The minimum absolute atomic E-state index is 0.104. The molecule has 0 aliphatic heterocycles. The molecule has 1 N–H and O–H groups in total. The predicted octanol–water partition coefficient (Wildman–Crippen LogP) is 2.66. The van der Waals surface area contributed by atoms with Gasteiger partial charge in [0.2, 0.25) is 5.91 Å². The summed E-state index contributed by atoms with van der Waals surface area (Å²) in [6.07, 6.45) is 1.75. The fourth-order valence-electron chi connectivity index (χ4n) is 1.92. The van der Waals surface area contributed by atoms with Gasteiger partial charge in [0.05, 0.1) is 6.54 Å². The molecule has 0 atom stereocenters. The van der Waals surface area contributed by atoms with Crippen LogP contribution in [0.15, 0.2) is 24.3 Å². The third-order valence-corrected chi connectivity index (χ3v) is 3.32. The van der Waals surface area contributed by atoms with E-state index in [1.807, 2.05) is 57.1 Å². The van der Waals surface area contributed by atoms with Gasteiger partial charge in [-0.1, -0.05) is 25.7 Å². The highest BCUT2D eigenvalue weighted by atomic mass is 16.1. The number of benzene rings is 1.